The van der Waals surface area contributed by atoms with E-state index in [0.29, 0.717) is 16.9 Å². The molecule has 25 heavy (non-hydrogen) atoms. The van der Waals surface area contributed by atoms with Gasteiger partial charge in [-0.1, -0.05) is 18.2 Å². The van der Waals surface area contributed by atoms with Crippen LogP contribution in [0.15, 0.2) is 54.7 Å². The molecular weight excluding hydrogens is 314 g/mol. The molecule has 1 aromatic carbocycles. The molecule has 6 nitrogen and oxygen atoms in total. The Kier molecular flexibility index (Phi) is 3.57. The Morgan fingerprint density at radius 2 is 1.96 bits per heavy atom. The van der Waals surface area contributed by atoms with Crippen LogP contribution in [-0.4, -0.2) is 25.5 Å². The Hall–Kier alpha value is -3.41. The van der Waals surface area contributed by atoms with E-state index in [1.165, 1.54) is 0 Å². The lowest BCUT2D eigenvalue weighted by Gasteiger charge is -2.05. The van der Waals surface area contributed by atoms with Gasteiger partial charge in [-0.25, -0.2) is 4.98 Å². The standard InChI is InChI=1S/C19H17N5O/c1-12-10-16(24(2)23-12)18(25)15-11-20-19-14(15)8-9-17(22-19)21-13-6-4-3-5-7-13/h3-11H,1-2H3,(H2,20,21,22). The molecule has 3 heterocycles. The molecule has 4 rings (SSSR count). The number of H-pyrrole nitrogens is 1. The molecule has 0 aliphatic carbocycles. The van der Waals surface area contributed by atoms with Crippen LogP contribution in [0.4, 0.5) is 11.5 Å². The average Bonchev–Trinajstić information content (AvgIpc) is 3.17. The van der Waals surface area contributed by atoms with Crippen molar-refractivity contribution in [1.82, 2.24) is 19.7 Å². The van der Waals surface area contributed by atoms with E-state index in [9.17, 15) is 4.79 Å². The van der Waals surface area contributed by atoms with Gasteiger partial charge in [-0.15, -0.1) is 0 Å². The van der Waals surface area contributed by atoms with Crippen LogP contribution in [0.3, 0.4) is 0 Å². The van der Waals surface area contributed by atoms with E-state index in [1.807, 2.05) is 49.4 Å². The highest BCUT2D eigenvalue weighted by Gasteiger charge is 2.18. The van der Waals surface area contributed by atoms with Gasteiger partial charge in [0.05, 0.1) is 11.3 Å². The molecule has 0 saturated heterocycles. The van der Waals surface area contributed by atoms with Crippen LogP contribution in [0.1, 0.15) is 21.7 Å². The number of aryl methyl sites for hydroxylation is 2. The fourth-order valence-electron chi connectivity index (χ4n) is 2.89. The summed E-state index contributed by atoms with van der Waals surface area (Å²) in [6, 6.07) is 15.4. The summed E-state index contributed by atoms with van der Waals surface area (Å²) in [7, 11) is 1.77. The number of carbonyl (C=O) groups is 1. The maximum atomic E-state index is 12.8. The highest BCUT2D eigenvalue weighted by molar-refractivity contribution is 6.15. The quantitative estimate of drug-likeness (QED) is 0.561. The van der Waals surface area contributed by atoms with Crippen LogP contribution in [-0.2, 0) is 7.05 Å². The van der Waals surface area contributed by atoms with Gasteiger partial charge in [0, 0.05) is 24.3 Å². The summed E-state index contributed by atoms with van der Waals surface area (Å²) in [5.74, 6) is 0.649. The number of carbonyl (C=O) groups excluding carboxylic acids is 1. The van der Waals surface area contributed by atoms with Gasteiger partial charge in [0.1, 0.15) is 17.2 Å². The first-order valence-corrected chi connectivity index (χ1v) is 7.97. The molecule has 4 aromatic rings. The van der Waals surface area contributed by atoms with Crippen molar-refractivity contribution in [3.8, 4) is 0 Å². The molecule has 3 aromatic heterocycles. The first-order chi connectivity index (χ1) is 12.1. The van der Waals surface area contributed by atoms with Crippen molar-refractivity contribution < 1.29 is 4.79 Å². The molecule has 0 unspecified atom stereocenters. The van der Waals surface area contributed by atoms with E-state index in [0.717, 1.165) is 22.6 Å². The third-order valence-electron chi connectivity index (χ3n) is 4.06. The van der Waals surface area contributed by atoms with Gasteiger partial charge in [0.2, 0.25) is 5.78 Å². The highest BCUT2D eigenvalue weighted by atomic mass is 16.1. The maximum absolute atomic E-state index is 12.8. The molecule has 0 atom stereocenters. The number of fused-ring (bicyclic) bond motifs is 1. The maximum Gasteiger partial charge on any atom is 0.213 e. The lowest BCUT2D eigenvalue weighted by molar-refractivity contribution is 0.103. The second-order valence-corrected chi connectivity index (χ2v) is 5.91. The average molecular weight is 331 g/mol. The third-order valence-corrected chi connectivity index (χ3v) is 4.06. The second-order valence-electron chi connectivity index (χ2n) is 5.91. The zero-order chi connectivity index (χ0) is 17.4. The number of nitrogens with zero attached hydrogens (tertiary/aromatic N) is 3. The van der Waals surface area contributed by atoms with E-state index < -0.39 is 0 Å². The number of para-hydroxylation sites is 1. The number of hydrogen-bond donors (Lipinski definition) is 2. The minimum atomic E-state index is -0.0695. The van der Waals surface area contributed by atoms with Crippen molar-refractivity contribution in [2.75, 3.05) is 5.32 Å². The smallest absolute Gasteiger partial charge is 0.213 e. The molecule has 0 bridgehead atoms. The highest BCUT2D eigenvalue weighted by Crippen LogP contribution is 2.23. The molecule has 0 aliphatic rings. The van der Waals surface area contributed by atoms with E-state index >= 15 is 0 Å². The lowest BCUT2D eigenvalue weighted by atomic mass is 10.1. The Morgan fingerprint density at radius 1 is 1.16 bits per heavy atom. The van der Waals surface area contributed by atoms with Gasteiger partial charge < -0.3 is 10.3 Å². The van der Waals surface area contributed by atoms with Crippen molar-refractivity contribution in [2.45, 2.75) is 6.92 Å². The number of nitrogens with one attached hydrogen (secondary N) is 2. The van der Waals surface area contributed by atoms with Gasteiger partial charge in [0.15, 0.2) is 0 Å². The topological polar surface area (TPSA) is 75.6 Å². The normalized spacial score (nSPS) is 11.0. The van der Waals surface area contributed by atoms with Crippen LogP contribution >= 0.6 is 0 Å². The van der Waals surface area contributed by atoms with Crippen LogP contribution in [0.2, 0.25) is 0 Å². The Bertz CT molecular complexity index is 1060. The van der Waals surface area contributed by atoms with Crippen LogP contribution < -0.4 is 5.32 Å². The molecule has 0 amide bonds. The Morgan fingerprint density at radius 3 is 2.68 bits per heavy atom. The fourth-order valence-corrected chi connectivity index (χ4v) is 2.89. The molecule has 0 fully saturated rings. The monoisotopic (exact) mass is 331 g/mol. The molecular formula is C19H17N5O. The number of aromatic amines is 1. The first kappa shape index (κ1) is 15.1. The summed E-state index contributed by atoms with van der Waals surface area (Å²) in [6.07, 6.45) is 1.70. The fraction of sp³-hybridized carbons (Fsp3) is 0.105. The minimum Gasteiger partial charge on any atom is -0.345 e. The van der Waals surface area contributed by atoms with Crippen molar-refractivity contribution in [1.29, 1.82) is 0 Å². The van der Waals surface area contributed by atoms with Crippen molar-refractivity contribution in [3.63, 3.8) is 0 Å². The number of pyridine rings is 1. The van der Waals surface area contributed by atoms with E-state index in [1.54, 1.807) is 24.0 Å². The number of anilines is 2. The largest absolute Gasteiger partial charge is 0.345 e. The minimum absolute atomic E-state index is 0.0695. The van der Waals surface area contributed by atoms with Gasteiger partial charge >= 0.3 is 0 Å². The van der Waals surface area contributed by atoms with Crippen molar-refractivity contribution >= 4 is 28.3 Å². The zero-order valence-electron chi connectivity index (χ0n) is 13.9. The Balaban J connectivity index is 1.68. The molecule has 0 saturated carbocycles. The van der Waals surface area contributed by atoms with Gasteiger partial charge in [-0.05, 0) is 37.3 Å². The van der Waals surface area contributed by atoms with Crippen molar-refractivity contribution in [2.24, 2.45) is 7.05 Å². The van der Waals surface area contributed by atoms with E-state index in [2.05, 4.69) is 20.4 Å². The predicted octanol–water partition coefficient (Wildman–Crippen LogP) is 3.58. The number of ketones is 1. The molecule has 0 aliphatic heterocycles. The number of aromatic nitrogens is 4. The number of benzene rings is 1. The summed E-state index contributed by atoms with van der Waals surface area (Å²) < 4.78 is 1.61. The van der Waals surface area contributed by atoms with Gasteiger partial charge in [0.25, 0.3) is 0 Å². The van der Waals surface area contributed by atoms with Gasteiger partial charge in [-0.3, -0.25) is 9.48 Å². The zero-order valence-corrected chi connectivity index (χ0v) is 13.9. The second kappa shape index (κ2) is 5.90. The van der Waals surface area contributed by atoms with E-state index in [-0.39, 0.29) is 5.78 Å². The van der Waals surface area contributed by atoms with Crippen LogP contribution in [0, 0.1) is 6.92 Å². The Labute approximate surface area is 144 Å². The lowest BCUT2D eigenvalue weighted by Crippen LogP contribution is -2.07. The molecule has 0 spiro atoms. The summed E-state index contributed by atoms with van der Waals surface area (Å²) in [5.41, 5.74) is 3.60. The number of hydrogen-bond acceptors (Lipinski definition) is 4. The number of rotatable bonds is 4. The molecule has 6 heteroatoms. The van der Waals surface area contributed by atoms with Crippen molar-refractivity contribution in [3.05, 3.63) is 71.7 Å². The van der Waals surface area contributed by atoms with Gasteiger partial charge in [-0.2, -0.15) is 5.10 Å². The van der Waals surface area contributed by atoms with Crippen LogP contribution in [0.5, 0.6) is 0 Å². The summed E-state index contributed by atoms with van der Waals surface area (Å²) >= 11 is 0. The summed E-state index contributed by atoms with van der Waals surface area (Å²) in [6.45, 7) is 1.87. The molecule has 124 valence electrons. The summed E-state index contributed by atoms with van der Waals surface area (Å²) in [5, 5.41) is 8.29. The SMILES string of the molecule is Cc1cc(C(=O)c2c[nH]c3nc(Nc4ccccc4)ccc23)n(C)n1. The third kappa shape index (κ3) is 2.78. The van der Waals surface area contributed by atoms with E-state index in [4.69, 9.17) is 0 Å². The molecule has 2 N–H and O–H groups in total. The first-order valence-electron chi connectivity index (χ1n) is 7.97. The van der Waals surface area contributed by atoms with Crippen LogP contribution in [0.25, 0.3) is 11.0 Å². The summed E-state index contributed by atoms with van der Waals surface area (Å²) in [4.78, 5) is 20.5. The predicted molar refractivity (Wildman–Crippen MR) is 97.2 cm³/mol. The molecule has 0 radical (unpaired) electrons.